The molecule has 0 unspecified atom stereocenters. The van der Waals surface area contributed by atoms with Crippen molar-refractivity contribution in [2.75, 3.05) is 45.7 Å². The van der Waals surface area contributed by atoms with Gasteiger partial charge in [0.25, 0.3) is 5.91 Å². The van der Waals surface area contributed by atoms with Gasteiger partial charge in [-0.05, 0) is 30.3 Å². The maximum Gasteiger partial charge on any atom is 0.255 e. The fourth-order valence-corrected chi connectivity index (χ4v) is 5.90. The van der Waals surface area contributed by atoms with E-state index >= 15 is 0 Å². The quantitative estimate of drug-likeness (QED) is 0.665. The van der Waals surface area contributed by atoms with Crippen molar-refractivity contribution in [3.63, 3.8) is 0 Å². The number of hydrogen-bond donors (Lipinski definition) is 1. The first kappa shape index (κ1) is 23.6. The molecule has 1 saturated heterocycles. The molecule has 1 aliphatic rings. The molecule has 0 bridgehead atoms. The predicted octanol–water partition coefficient (Wildman–Crippen LogP) is 1.86. The van der Waals surface area contributed by atoms with E-state index in [1.54, 1.807) is 12.1 Å². The zero-order chi connectivity index (χ0) is 22.8. The highest BCUT2D eigenvalue weighted by Crippen LogP contribution is 2.28. The number of morpholine rings is 1. The topological polar surface area (TPSA) is 113 Å². The minimum atomic E-state index is -3.93. The van der Waals surface area contributed by atoms with Crippen LogP contribution in [0, 0.1) is 0 Å². The van der Waals surface area contributed by atoms with Gasteiger partial charge in [-0.1, -0.05) is 23.7 Å². The van der Waals surface area contributed by atoms with Crippen molar-refractivity contribution in [2.45, 2.75) is 9.79 Å². The summed E-state index contributed by atoms with van der Waals surface area (Å²) in [6, 6.07) is 9.84. The molecule has 1 heterocycles. The third-order valence-corrected chi connectivity index (χ3v) is 8.93. The Morgan fingerprint density at radius 3 is 2.32 bits per heavy atom. The van der Waals surface area contributed by atoms with Crippen LogP contribution in [-0.2, 0) is 24.8 Å². The van der Waals surface area contributed by atoms with E-state index in [4.69, 9.17) is 16.3 Å². The zero-order valence-corrected chi connectivity index (χ0v) is 19.3. The van der Waals surface area contributed by atoms with E-state index in [1.807, 2.05) is 0 Å². The second kappa shape index (κ2) is 9.23. The van der Waals surface area contributed by atoms with Crippen LogP contribution in [0.1, 0.15) is 10.4 Å². The van der Waals surface area contributed by atoms with Crippen LogP contribution in [0.4, 0.5) is 5.69 Å². The van der Waals surface area contributed by atoms with Gasteiger partial charge >= 0.3 is 0 Å². The number of rotatable bonds is 6. The standard InChI is InChI=1S/C19H22ClN3O6S2/c1-22(2)30(25,26)17-6-4-3-5-16(17)21-19(24)14-7-8-15(20)18(13-14)31(27,28)23-9-11-29-12-10-23/h3-8,13H,9-12H2,1-2H3,(H,21,24). The number of amides is 1. The van der Waals surface area contributed by atoms with E-state index in [0.29, 0.717) is 0 Å². The molecule has 0 aromatic heterocycles. The first-order valence-corrected chi connectivity index (χ1v) is 12.5. The number of nitrogens with one attached hydrogen (secondary N) is 1. The highest BCUT2D eigenvalue weighted by atomic mass is 35.5. The summed E-state index contributed by atoms with van der Waals surface area (Å²) < 4.78 is 58.5. The molecule has 12 heteroatoms. The molecule has 2 aromatic carbocycles. The fraction of sp³-hybridized carbons (Fsp3) is 0.316. The Kier molecular flexibility index (Phi) is 7.04. The number of anilines is 1. The van der Waals surface area contributed by atoms with E-state index in [9.17, 15) is 21.6 Å². The molecule has 168 valence electrons. The Hall–Kier alpha value is -2.02. The molecule has 2 aromatic rings. The van der Waals surface area contributed by atoms with Gasteiger partial charge < -0.3 is 10.1 Å². The minimum Gasteiger partial charge on any atom is -0.379 e. The van der Waals surface area contributed by atoms with Crippen LogP contribution in [0.15, 0.2) is 52.3 Å². The second-order valence-corrected chi connectivity index (χ2v) is 11.3. The maximum absolute atomic E-state index is 13.0. The van der Waals surface area contributed by atoms with Crippen molar-refractivity contribution < 1.29 is 26.4 Å². The lowest BCUT2D eigenvalue weighted by Gasteiger charge is -2.26. The Bertz CT molecular complexity index is 1190. The van der Waals surface area contributed by atoms with E-state index in [0.717, 1.165) is 4.31 Å². The Morgan fingerprint density at radius 1 is 1.03 bits per heavy atom. The van der Waals surface area contributed by atoms with Crippen molar-refractivity contribution in [1.82, 2.24) is 8.61 Å². The van der Waals surface area contributed by atoms with Gasteiger partial charge in [-0.2, -0.15) is 4.31 Å². The lowest BCUT2D eigenvalue weighted by molar-refractivity contribution is 0.0730. The smallest absolute Gasteiger partial charge is 0.255 e. The van der Waals surface area contributed by atoms with E-state index in [-0.39, 0.29) is 52.4 Å². The maximum atomic E-state index is 13.0. The molecule has 0 spiro atoms. The van der Waals surface area contributed by atoms with Crippen molar-refractivity contribution in [1.29, 1.82) is 0 Å². The Morgan fingerprint density at radius 2 is 1.68 bits per heavy atom. The lowest BCUT2D eigenvalue weighted by Crippen LogP contribution is -2.40. The number of sulfonamides is 2. The van der Waals surface area contributed by atoms with E-state index < -0.39 is 26.0 Å². The Labute approximate surface area is 186 Å². The van der Waals surface area contributed by atoms with Gasteiger partial charge in [0, 0.05) is 32.7 Å². The first-order chi connectivity index (χ1) is 14.5. The number of benzene rings is 2. The van der Waals surface area contributed by atoms with Crippen LogP contribution in [0.25, 0.3) is 0 Å². The van der Waals surface area contributed by atoms with E-state index in [1.165, 1.54) is 48.7 Å². The van der Waals surface area contributed by atoms with Gasteiger partial charge in [0.05, 0.1) is 23.9 Å². The van der Waals surface area contributed by atoms with Crippen molar-refractivity contribution in [2.24, 2.45) is 0 Å². The number of ether oxygens (including phenoxy) is 1. The number of nitrogens with zero attached hydrogens (tertiary/aromatic N) is 2. The van der Waals surface area contributed by atoms with E-state index in [2.05, 4.69) is 5.32 Å². The molecule has 31 heavy (non-hydrogen) atoms. The van der Waals surface area contributed by atoms with Crippen LogP contribution < -0.4 is 5.32 Å². The van der Waals surface area contributed by atoms with Crippen LogP contribution >= 0.6 is 11.6 Å². The third kappa shape index (κ3) is 4.92. The molecule has 1 N–H and O–H groups in total. The van der Waals surface area contributed by atoms with Crippen molar-refractivity contribution in [3.05, 3.63) is 53.1 Å². The second-order valence-electron chi connectivity index (χ2n) is 6.90. The van der Waals surface area contributed by atoms with Crippen molar-refractivity contribution >= 4 is 43.2 Å². The van der Waals surface area contributed by atoms with Gasteiger partial charge in [-0.25, -0.2) is 21.1 Å². The minimum absolute atomic E-state index is 0.0152. The zero-order valence-electron chi connectivity index (χ0n) is 16.9. The Balaban J connectivity index is 1.94. The molecule has 0 saturated carbocycles. The number of hydrogen-bond acceptors (Lipinski definition) is 6. The highest BCUT2D eigenvalue weighted by molar-refractivity contribution is 7.89. The summed E-state index contributed by atoms with van der Waals surface area (Å²) in [4.78, 5) is 12.6. The summed E-state index contributed by atoms with van der Waals surface area (Å²) in [5.41, 5.74) is 0.0991. The predicted molar refractivity (Wildman–Crippen MR) is 116 cm³/mol. The molecule has 3 rings (SSSR count). The van der Waals surface area contributed by atoms with Gasteiger partial charge in [0.2, 0.25) is 20.0 Å². The highest BCUT2D eigenvalue weighted by Gasteiger charge is 2.29. The number of para-hydroxylation sites is 1. The molecular formula is C19H22ClN3O6S2. The first-order valence-electron chi connectivity index (χ1n) is 9.25. The molecule has 1 amide bonds. The normalized spacial score (nSPS) is 15.7. The summed E-state index contributed by atoms with van der Waals surface area (Å²) in [6.07, 6.45) is 0. The SMILES string of the molecule is CN(C)S(=O)(=O)c1ccccc1NC(=O)c1ccc(Cl)c(S(=O)(=O)N2CCOCC2)c1. The molecular weight excluding hydrogens is 466 g/mol. The van der Waals surface area contributed by atoms with Gasteiger partial charge in [0.1, 0.15) is 9.79 Å². The number of halogens is 1. The molecule has 0 aliphatic carbocycles. The third-order valence-electron chi connectivity index (χ3n) is 4.68. The van der Waals surface area contributed by atoms with Gasteiger partial charge in [0.15, 0.2) is 0 Å². The number of carbonyl (C=O) groups excluding carboxylic acids is 1. The average Bonchev–Trinajstić information content (AvgIpc) is 2.74. The molecule has 1 aliphatic heterocycles. The monoisotopic (exact) mass is 487 g/mol. The van der Waals surface area contributed by atoms with Gasteiger partial charge in [-0.15, -0.1) is 0 Å². The average molecular weight is 488 g/mol. The van der Waals surface area contributed by atoms with Crippen LogP contribution in [0.2, 0.25) is 5.02 Å². The largest absolute Gasteiger partial charge is 0.379 e. The van der Waals surface area contributed by atoms with Crippen LogP contribution in [0.5, 0.6) is 0 Å². The molecule has 0 atom stereocenters. The van der Waals surface area contributed by atoms with Gasteiger partial charge in [-0.3, -0.25) is 4.79 Å². The molecule has 1 fully saturated rings. The number of carbonyl (C=O) groups is 1. The van der Waals surface area contributed by atoms with Crippen LogP contribution in [0.3, 0.4) is 0 Å². The van der Waals surface area contributed by atoms with Crippen LogP contribution in [-0.4, -0.2) is 71.8 Å². The summed E-state index contributed by atoms with van der Waals surface area (Å²) >= 11 is 6.13. The molecule has 0 radical (unpaired) electrons. The summed E-state index contributed by atoms with van der Waals surface area (Å²) in [5, 5.41) is 2.53. The summed E-state index contributed by atoms with van der Waals surface area (Å²) in [6.45, 7) is 0.915. The fourth-order valence-electron chi connectivity index (χ4n) is 2.95. The van der Waals surface area contributed by atoms with Crippen molar-refractivity contribution in [3.8, 4) is 0 Å². The molecule has 9 nitrogen and oxygen atoms in total. The summed E-state index contributed by atoms with van der Waals surface area (Å²) in [7, 11) is -4.96. The summed E-state index contributed by atoms with van der Waals surface area (Å²) in [5.74, 6) is -0.670. The lowest BCUT2D eigenvalue weighted by atomic mass is 10.2.